The van der Waals surface area contributed by atoms with Crippen molar-refractivity contribution in [3.8, 4) is 5.13 Å². The molecule has 0 saturated heterocycles. The van der Waals surface area contributed by atoms with Crippen molar-refractivity contribution < 1.29 is 14.7 Å². The van der Waals surface area contributed by atoms with Crippen molar-refractivity contribution in [3.05, 3.63) is 38.8 Å². The van der Waals surface area contributed by atoms with E-state index in [9.17, 15) is 14.7 Å². The van der Waals surface area contributed by atoms with E-state index in [0.717, 1.165) is 47.4 Å². The first kappa shape index (κ1) is 19.8. The summed E-state index contributed by atoms with van der Waals surface area (Å²) in [6.07, 6.45) is 5.33. The quantitative estimate of drug-likeness (QED) is 0.704. The second kappa shape index (κ2) is 7.72. The van der Waals surface area contributed by atoms with Crippen LogP contribution in [0.5, 0.6) is 0 Å². The topological polar surface area (TPSA) is 109 Å². The Morgan fingerprint density at radius 3 is 2.90 bits per heavy atom. The molecule has 1 atom stereocenters. The van der Waals surface area contributed by atoms with E-state index in [1.807, 2.05) is 13.1 Å². The van der Waals surface area contributed by atoms with Gasteiger partial charge < -0.3 is 10.4 Å². The van der Waals surface area contributed by atoms with Crippen LogP contribution in [0.1, 0.15) is 52.8 Å². The van der Waals surface area contributed by atoms with E-state index in [2.05, 4.69) is 20.4 Å². The Balaban J connectivity index is 1.45. The van der Waals surface area contributed by atoms with Crippen LogP contribution in [0.3, 0.4) is 0 Å². The lowest BCUT2D eigenvalue weighted by Gasteiger charge is -2.22. The normalized spacial score (nSPS) is 18.6. The van der Waals surface area contributed by atoms with Crippen LogP contribution in [0.25, 0.3) is 5.13 Å². The summed E-state index contributed by atoms with van der Waals surface area (Å²) in [7, 11) is 0. The van der Waals surface area contributed by atoms with Crippen LogP contribution in [0, 0.1) is 6.92 Å². The van der Waals surface area contributed by atoms with Gasteiger partial charge in [0.05, 0.1) is 11.4 Å². The third-order valence-electron chi connectivity index (χ3n) is 5.18. The Labute approximate surface area is 176 Å². The molecule has 0 saturated carbocycles. The molecule has 1 aliphatic heterocycles. The summed E-state index contributed by atoms with van der Waals surface area (Å²) >= 11 is 7.18. The van der Waals surface area contributed by atoms with Crippen molar-refractivity contribution in [1.82, 2.24) is 20.1 Å². The Kier molecular flexibility index (Phi) is 5.26. The van der Waals surface area contributed by atoms with Crippen LogP contribution in [-0.4, -0.2) is 43.5 Å². The highest BCUT2D eigenvalue weighted by molar-refractivity contribution is 7.16. The fourth-order valence-electron chi connectivity index (χ4n) is 3.59. The standard InChI is InChI=1S/C19H20ClN5O3S/c1-3-10-7-14(23-16(10)20)17(26)22-12-4-5-13-11(6-12)8-25(24-13)19-21-9(2)15(29-19)18(27)28/h8,12H,3-7H2,1-2H3,(H,22,26)(H,27,28). The second-order valence-corrected chi connectivity index (χ2v) is 8.49. The highest BCUT2D eigenvalue weighted by Gasteiger charge is 2.27. The maximum absolute atomic E-state index is 12.6. The van der Waals surface area contributed by atoms with Crippen molar-refractivity contribution in [2.45, 2.75) is 52.0 Å². The molecule has 3 heterocycles. The zero-order chi connectivity index (χ0) is 20.7. The number of halogens is 1. The molecule has 4 rings (SSSR count). The first-order valence-electron chi connectivity index (χ1n) is 9.40. The number of aryl methyl sites for hydroxylation is 2. The lowest BCUT2D eigenvalue weighted by molar-refractivity contribution is -0.115. The van der Waals surface area contributed by atoms with E-state index in [4.69, 9.17) is 11.6 Å². The molecule has 0 aromatic carbocycles. The molecule has 29 heavy (non-hydrogen) atoms. The smallest absolute Gasteiger partial charge is 0.347 e. The maximum atomic E-state index is 12.6. The molecular formula is C19H20ClN5O3S. The van der Waals surface area contributed by atoms with Crippen LogP contribution < -0.4 is 5.32 Å². The zero-order valence-electron chi connectivity index (χ0n) is 16.0. The van der Waals surface area contributed by atoms with Gasteiger partial charge in [-0.05, 0) is 43.7 Å². The van der Waals surface area contributed by atoms with Gasteiger partial charge >= 0.3 is 5.97 Å². The molecule has 0 radical (unpaired) electrons. The number of amides is 1. The van der Waals surface area contributed by atoms with Crippen LogP contribution in [-0.2, 0) is 17.6 Å². The third-order valence-corrected chi connectivity index (χ3v) is 6.67. The van der Waals surface area contributed by atoms with Gasteiger partial charge in [0, 0.05) is 18.7 Å². The molecule has 8 nitrogen and oxygen atoms in total. The van der Waals surface area contributed by atoms with Crippen molar-refractivity contribution in [2.75, 3.05) is 0 Å². The number of aromatic nitrogens is 3. The molecule has 2 aromatic rings. The van der Waals surface area contributed by atoms with Crippen LogP contribution in [0.15, 0.2) is 21.9 Å². The van der Waals surface area contributed by atoms with Gasteiger partial charge in [0.25, 0.3) is 5.91 Å². The predicted molar refractivity (Wildman–Crippen MR) is 110 cm³/mol. The van der Waals surface area contributed by atoms with Crippen molar-refractivity contribution >= 4 is 40.5 Å². The number of fused-ring (bicyclic) bond motifs is 1. The first-order chi connectivity index (χ1) is 13.9. The SMILES string of the molecule is CCC1=C(Cl)N=C(C(=O)NC2CCc3nn(-c4nc(C)c(C(=O)O)s4)cc3C2)C1. The summed E-state index contributed by atoms with van der Waals surface area (Å²) < 4.78 is 1.64. The number of carbonyl (C=O) groups excluding carboxylic acids is 1. The Morgan fingerprint density at radius 2 is 2.24 bits per heavy atom. The lowest BCUT2D eigenvalue weighted by Crippen LogP contribution is -2.41. The number of allylic oxidation sites excluding steroid dienone is 1. The number of rotatable bonds is 5. The van der Waals surface area contributed by atoms with E-state index >= 15 is 0 Å². The van der Waals surface area contributed by atoms with E-state index in [-0.39, 0.29) is 16.8 Å². The number of thiazole rings is 1. The van der Waals surface area contributed by atoms with Crippen molar-refractivity contribution in [3.63, 3.8) is 0 Å². The van der Waals surface area contributed by atoms with Gasteiger partial charge in [-0.2, -0.15) is 5.10 Å². The summed E-state index contributed by atoms with van der Waals surface area (Å²) in [5.41, 5.74) is 3.92. The molecule has 152 valence electrons. The Morgan fingerprint density at radius 1 is 1.45 bits per heavy atom. The first-order valence-corrected chi connectivity index (χ1v) is 10.6. The largest absolute Gasteiger partial charge is 0.477 e. The number of hydrogen-bond donors (Lipinski definition) is 2. The van der Waals surface area contributed by atoms with Crippen molar-refractivity contribution in [2.24, 2.45) is 4.99 Å². The Bertz CT molecular complexity index is 1070. The van der Waals surface area contributed by atoms with Gasteiger partial charge in [-0.25, -0.2) is 19.5 Å². The zero-order valence-corrected chi connectivity index (χ0v) is 17.6. The molecule has 10 heteroatoms. The summed E-state index contributed by atoms with van der Waals surface area (Å²) in [5, 5.41) is 17.8. The number of carbonyl (C=O) groups is 2. The summed E-state index contributed by atoms with van der Waals surface area (Å²) in [6, 6.07) is -0.00702. The van der Waals surface area contributed by atoms with Gasteiger partial charge in [0.2, 0.25) is 5.13 Å². The molecule has 2 N–H and O–H groups in total. The predicted octanol–water partition coefficient (Wildman–Crippen LogP) is 3.01. The van der Waals surface area contributed by atoms with Gasteiger partial charge in [-0.1, -0.05) is 29.9 Å². The number of aromatic carboxylic acids is 1. The highest BCUT2D eigenvalue weighted by atomic mass is 35.5. The monoisotopic (exact) mass is 433 g/mol. The minimum atomic E-state index is -0.985. The average Bonchev–Trinajstić information content (AvgIpc) is 3.37. The van der Waals surface area contributed by atoms with Crippen LogP contribution in [0.4, 0.5) is 0 Å². The Hall–Kier alpha value is -2.52. The fourth-order valence-corrected chi connectivity index (χ4v) is 4.72. The van der Waals surface area contributed by atoms with Crippen molar-refractivity contribution in [1.29, 1.82) is 0 Å². The minimum Gasteiger partial charge on any atom is -0.477 e. The molecule has 1 amide bonds. The van der Waals surface area contributed by atoms with Gasteiger partial charge in [-0.15, -0.1) is 0 Å². The lowest BCUT2D eigenvalue weighted by atomic mass is 9.93. The number of nitrogens with one attached hydrogen (secondary N) is 1. The molecule has 1 aliphatic carbocycles. The number of hydrogen-bond acceptors (Lipinski definition) is 6. The van der Waals surface area contributed by atoms with Crippen LogP contribution in [0.2, 0.25) is 0 Å². The third kappa shape index (κ3) is 3.84. The van der Waals surface area contributed by atoms with Gasteiger partial charge in [-0.3, -0.25) is 4.79 Å². The molecular weight excluding hydrogens is 414 g/mol. The molecule has 0 fully saturated rings. The van der Waals surface area contributed by atoms with E-state index in [1.54, 1.807) is 11.6 Å². The number of carboxylic acid groups (broad SMARTS) is 1. The summed E-state index contributed by atoms with van der Waals surface area (Å²) in [5.74, 6) is -1.16. The van der Waals surface area contributed by atoms with Gasteiger partial charge in [0.1, 0.15) is 15.7 Å². The number of carboxylic acids is 1. The molecule has 2 aromatic heterocycles. The molecule has 0 spiro atoms. The van der Waals surface area contributed by atoms with E-state index in [0.29, 0.717) is 34.5 Å². The number of aliphatic imine (C=N–C) groups is 1. The van der Waals surface area contributed by atoms with Crippen LogP contribution >= 0.6 is 22.9 Å². The maximum Gasteiger partial charge on any atom is 0.347 e. The fraction of sp³-hybridized carbons (Fsp3) is 0.421. The molecule has 0 bridgehead atoms. The highest BCUT2D eigenvalue weighted by Crippen LogP contribution is 2.27. The molecule has 1 unspecified atom stereocenters. The van der Waals surface area contributed by atoms with E-state index in [1.165, 1.54) is 0 Å². The summed E-state index contributed by atoms with van der Waals surface area (Å²) in [6.45, 7) is 3.67. The van der Waals surface area contributed by atoms with Gasteiger partial charge in [0.15, 0.2) is 0 Å². The second-order valence-electron chi connectivity index (χ2n) is 7.16. The number of nitrogens with zero attached hydrogens (tertiary/aromatic N) is 4. The molecule has 2 aliphatic rings. The average molecular weight is 434 g/mol. The summed E-state index contributed by atoms with van der Waals surface area (Å²) in [4.78, 5) is 32.5. The minimum absolute atomic E-state index is 0.00702. The van der Waals surface area contributed by atoms with E-state index < -0.39 is 5.97 Å².